The molecule has 28 heavy (non-hydrogen) atoms. The maximum absolute atomic E-state index is 12.0. The lowest BCUT2D eigenvalue weighted by Gasteiger charge is -2.07. The summed E-state index contributed by atoms with van der Waals surface area (Å²) in [6, 6.07) is 12.2. The first-order chi connectivity index (χ1) is 13.4. The van der Waals surface area contributed by atoms with Gasteiger partial charge in [0.05, 0.1) is 15.4 Å². The molecule has 2 aromatic rings. The molecule has 0 fully saturated rings. The van der Waals surface area contributed by atoms with Crippen LogP contribution in [-0.4, -0.2) is 42.0 Å². The first kappa shape index (κ1) is 21.8. The quantitative estimate of drug-likeness (QED) is 0.217. The summed E-state index contributed by atoms with van der Waals surface area (Å²) in [6.45, 7) is 2.01. The molecule has 0 saturated carbocycles. The molecule has 148 valence electrons. The lowest BCUT2D eigenvalue weighted by molar-refractivity contribution is -0.387. The van der Waals surface area contributed by atoms with E-state index in [1.54, 1.807) is 18.0 Å². The van der Waals surface area contributed by atoms with Crippen LogP contribution in [0.2, 0.25) is 0 Å². The van der Waals surface area contributed by atoms with Gasteiger partial charge in [0, 0.05) is 23.3 Å². The van der Waals surface area contributed by atoms with Crippen molar-refractivity contribution in [3.8, 4) is 0 Å². The number of hydrogen-bond donors (Lipinski definition) is 1. The molecule has 0 bridgehead atoms. The summed E-state index contributed by atoms with van der Waals surface area (Å²) in [7, 11) is 0. The number of carbonyl (C=O) groups excluding carboxylic acids is 2. The highest BCUT2D eigenvalue weighted by Gasteiger charge is 2.18. The predicted octanol–water partition coefficient (Wildman–Crippen LogP) is 3.69. The van der Waals surface area contributed by atoms with Crippen molar-refractivity contribution >= 4 is 41.1 Å². The van der Waals surface area contributed by atoms with Crippen LogP contribution in [0, 0.1) is 17.0 Å². The molecule has 1 amide bonds. The molecule has 0 aliphatic heterocycles. The van der Waals surface area contributed by atoms with E-state index in [1.807, 2.05) is 31.2 Å². The second-order valence-electron chi connectivity index (χ2n) is 5.73. The zero-order valence-corrected chi connectivity index (χ0v) is 17.1. The first-order valence-electron chi connectivity index (χ1n) is 8.36. The largest absolute Gasteiger partial charge is 0.452 e. The van der Waals surface area contributed by atoms with E-state index in [-0.39, 0.29) is 11.3 Å². The molecule has 0 unspecified atom stereocenters. The summed E-state index contributed by atoms with van der Waals surface area (Å²) >= 11 is 2.82. The number of ether oxygens (including phenoxy) is 1. The Bertz CT molecular complexity index is 856. The van der Waals surface area contributed by atoms with Gasteiger partial charge in [-0.2, -0.15) is 0 Å². The number of hydrogen-bond acceptors (Lipinski definition) is 7. The van der Waals surface area contributed by atoms with Crippen LogP contribution in [0.3, 0.4) is 0 Å². The molecule has 0 aliphatic carbocycles. The number of thioether (sulfide) groups is 2. The fourth-order valence-corrected chi connectivity index (χ4v) is 3.53. The molecule has 9 heteroatoms. The number of nitrogens with one attached hydrogen (secondary N) is 1. The Labute approximate surface area is 171 Å². The second kappa shape index (κ2) is 10.7. The van der Waals surface area contributed by atoms with Gasteiger partial charge in [0.1, 0.15) is 0 Å². The van der Waals surface area contributed by atoms with Crippen molar-refractivity contribution < 1.29 is 19.2 Å². The molecule has 2 aromatic carbocycles. The van der Waals surface area contributed by atoms with Gasteiger partial charge in [-0.3, -0.25) is 14.9 Å². The number of nitro groups is 1. The highest BCUT2D eigenvalue weighted by molar-refractivity contribution is 7.99. The van der Waals surface area contributed by atoms with E-state index in [4.69, 9.17) is 4.74 Å². The third-order valence-corrected chi connectivity index (χ3v) is 5.46. The van der Waals surface area contributed by atoms with Crippen LogP contribution in [0.1, 0.15) is 15.9 Å². The van der Waals surface area contributed by atoms with Gasteiger partial charge in [-0.05, 0) is 37.4 Å². The second-order valence-corrected chi connectivity index (χ2v) is 7.75. The van der Waals surface area contributed by atoms with E-state index in [2.05, 4.69) is 5.32 Å². The Balaban J connectivity index is 1.76. The standard InChI is InChI=1S/C19H20N2O5S2/c1-13-3-6-15(7-4-13)28-10-9-20-18(22)12-26-19(23)14-5-8-17(27-2)16(11-14)21(24)25/h3-8,11H,9-10,12H2,1-2H3,(H,20,22). The van der Waals surface area contributed by atoms with Gasteiger partial charge < -0.3 is 10.1 Å². The van der Waals surface area contributed by atoms with E-state index >= 15 is 0 Å². The number of carbonyl (C=O) groups is 2. The van der Waals surface area contributed by atoms with Gasteiger partial charge in [-0.15, -0.1) is 23.5 Å². The number of aryl methyl sites for hydroxylation is 1. The summed E-state index contributed by atoms with van der Waals surface area (Å²) in [4.78, 5) is 35.9. The normalized spacial score (nSPS) is 10.4. The Morgan fingerprint density at radius 3 is 2.54 bits per heavy atom. The van der Waals surface area contributed by atoms with Gasteiger partial charge in [-0.1, -0.05) is 17.7 Å². The van der Waals surface area contributed by atoms with Crippen molar-refractivity contribution in [2.24, 2.45) is 0 Å². The molecule has 0 atom stereocenters. The minimum absolute atomic E-state index is 0.0345. The minimum Gasteiger partial charge on any atom is -0.452 e. The minimum atomic E-state index is -0.778. The van der Waals surface area contributed by atoms with Crippen molar-refractivity contribution in [2.45, 2.75) is 16.7 Å². The van der Waals surface area contributed by atoms with Crippen molar-refractivity contribution in [1.29, 1.82) is 0 Å². The van der Waals surface area contributed by atoms with Crippen LogP contribution in [0.4, 0.5) is 5.69 Å². The van der Waals surface area contributed by atoms with Crippen LogP contribution in [0.5, 0.6) is 0 Å². The zero-order valence-electron chi connectivity index (χ0n) is 15.5. The van der Waals surface area contributed by atoms with Crippen molar-refractivity contribution in [3.63, 3.8) is 0 Å². The summed E-state index contributed by atoms with van der Waals surface area (Å²) < 4.78 is 4.94. The molecule has 0 aromatic heterocycles. The Morgan fingerprint density at radius 2 is 1.89 bits per heavy atom. The summed E-state index contributed by atoms with van der Waals surface area (Å²) in [5, 5.41) is 13.7. The van der Waals surface area contributed by atoms with E-state index in [1.165, 1.54) is 29.5 Å². The first-order valence-corrected chi connectivity index (χ1v) is 10.6. The van der Waals surface area contributed by atoms with Gasteiger partial charge >= 0.3 is 5.97 Å². The average Bonchev–Trinajstić information content (AvgIpc) is 2.70. The van der Waals surface area contributed by atoms with Crippen molar-refractivity contribution in [3.05, 3.63) is 63.7 Å². The molecule has 0 radical (unpaired) electrons. The number of nitrogens with zero attached hydrogens (tertiary/aromatic N) is 1. The third kappa shape index (κ3) is 6.58. The molecule has 0 saturated heterocycles. The molecule has 7 nitrogen and oxygen atoms in total. The Morgan fingerprint density at radius 1 is 1.18 bits per heavy atom. The maximum atomic E-state index is 12.0. The number of esters is 1. The van der Waals surface area contributed by atoms with Crippen molar-refractivity contribution in [1.82, 2.24) is 5.32 Å². The van der Waals surface area contributed by atoms with Crippen LogP contribution in [-0.2, 0) is 9.53 Å². The van der Waals surface area contributed by atoms with Gasteiger partial charge in [-0.25, -0.2) is 4.79 Å². The van der Waals surface area contributed by atoms with Crippen LogP contribution < -0.4 is 5.32 Å². The SMILES string of the molecule is CSc1ccc(C(=O)OCC(=O)NCCSc2ccc(C)cc2)cc1[N+](=O)[O-]. The fraction of sp³-hybridized carbons (Fsp3) is 0.263. The zero-order chi connectivity index (χ0) is 20.5. The number of amides is 1. The molecule has 1 N–H and O–H groups in total. The predicted molar refractivity (Wildman–Crippen MR) is 110 cm³/mol. The lowest BCUT2D eigenvalue weighted by Crippen LogP contribution is -2.30. The van der Waals surface area contributed by atoms with Crippen molar-refractivity contribution in [2.75, 3.05) is 25.2 Å². The monoisotopic (exact) mass is 420 g/mol. The van der Waals surface area contributed by atoms with E-state index in [9.17, 15) is 19.7 Å². The summed E-state index contributed by atoms with van der Waals surface area (Å²) in [5.74, 6) is -0.515. The van der Waals surface area contributed by atoms with Crippen LogP contribution in [0.15, 0.2) is 52.3 Å². The highest BCUT2D eigenvalue weighted by atomic mass is 32.2. The number of rotatable bonds is 9. The smallest absolute Gasteiger partial charge is 0.338 e. The number of nitro benzene ring substituents is 1. The Hall–Kier alpha value is -2.52. The fourth-order valence-electron chi connectivity index (χ4n) is 2.22. The Kier molecular flexibility index (Phi) is 8.34. The van der Waals surface area contributed by atoms with E-state index in [0.29, 0.717) is 17.2 Å². The van der Waals surface area contributed by atoms with Gasteiger partial charge in [0.25, 0.3) is 11.6 Å². The van der Waals surface area contributed by atoms with E-state index < -0.39 is 23.4 Å². The van der Waals surface area contributed by atoms with E-state index in [0.717, 1.165) is 11.0 Å². The summed E-state index contributed by atoms with van der Waals surface area (Å²) in [5.41, 5.74) is 1.06. The summed E-state index contributed by atoms with van der Waals surface area (Å²) in [6.07, 6.45) is 1.71. The molecule has 2 rings (SSSR count). The van der Waals surface area contributed by atoms with Gasteiger partial charge in [0.15, 0.2) is 6.61 Å². The van der Waals surface area contributed by atoms with Crippen LogP contribution >= 0.6 is 23.5 Å². The average molecular weight is 421 g/mol. The molecule has 0 heterocycles. The molecular formula is C19H20N2O5S2. The number of benzene rings is 2. The lowest BCUT2D eigenvalue weighted by atomic mass is 10.2. The van der Waals surface area contributed by atoms with Gasteiger partial charge in [0.2, 0.25) is 0 Å². The topological polar surface area (TPSA) is 98.5 Å². The van der Waals surface area contributed by atoms with Crippen LogP contribution in [0.25, 0.3) is 0 Å². The molecule has 0 aliphatic rings. The third-order valence-electron chi connectivity index (χ3n) is 3.66. The highest BCUT2D eigenvalue weighted by Crippen LogP contribution is 2.28. The molecule has 0 spiro atoms. The maximum Gasteiger partial charge on any atom is 0.338 e. The molecular weight excluding hydrogens is 400 g/mol.